The zero-order valence-corrected chi connectivity index (χ0v) is 13.2. The number of guanidine groups is 2. The standard InChI is InChI=1S/C16H17N5O.ClH/c17-15-19-14(13-9-5-2-6-10-13)21(16(18)20-15)22-11-12-7-3-1-4-8-12;/h1-10,14H,11H2,(H4,17,18,19,20);1H. The van der Waals surface area contributed by atoms with Crippen molar-refractivity contribution in [3.05, 3.63) is 71.8 Å². The van der Waals surface area contributed by atoms with Crippen LogP contribution in [0.3, 0.4) is 0 Å². The van der Waals surface area contributed by atoms with Crippen LogP contribution in [0.4, 0.5) is 0 Å². The average Bonchev–Trinajstić information content (AvgIpc) is 2.55. The molecule has 23 heavy (non-hydrogen) atoms. The van der Waals surface area contributed by atoms with Crippen LogP contribution in [0.2, 0.25) is 0 Å². The van der Waals surface area contributed by atoms with Crippen LogP contribution in [0.25, 0.3) is 0 Å². The van der Waals surface area contributed by atoms with Gasteiger partial charge in [-0.15, -0.1) is 12.4 Å². The Morgan fingerprint density at radius 1 is 0.957 bits per heavy atom. The monoisotopic (exact) mass is 331 g/mol. The van der Waals surface area contributed by atoms with Gasteiger partial charge in [0.1, 0.15) is 6.61 Å². The lowest BCUT2D eigenvalue weighted by molar-refractivity contribution is -0.141. The molecule has 2 aromatic carbocycles. The summed E-state index contributed by atoms with van der Waals surface area (Å²) in [4.78, 5) is 14.1. The zero-order valence-electron chi connectivity index (χ0n) is 12.4. The van der Waals surface area contributed by atoms with E-state index in [1.165, 1.54) is 5.06 Å². The highest BCUT2D eigenvalue weighted by Crippen LogP contribution is 2.25. The van der Waals surface area contributed by atoms with Crippen LogP contribution < -0.4 is 11.5 Å². The van der Waals surface area contributed by atoms with Gasteiger partial charge in [0.15, 0.2) is 6.17 Å². The number of hydrogen-bond donors (Lipinski definition) is 2. The van der Waals surface area contributed by atoms with Gasteiger partial charge in [0.25, 0.3) is 0 Å². The summed E-state index contributed by atoms with van der Waals surface area (Å²) in [6, 6.07) is 19.5. The lowest BCUT2D eigenvalue weighted by Gasteiger charge is -2.31. The van der Waals surface area contributed by atoms with Crippen molar-refractivity contribution in [1.29, 1.82) is 0 Å². The quantitative estimate of drug-likeness (QED) is 0.898. The van der Waals surface area contributed by atoms with E-state index < -0.39 is 6.17 Å². The van der Waals surface area contributed by atoms with Crippen molar-refractivity contribution in [2.75, 3.05) is 0 Å². The molecule has 1 atom stereocenters. The van der Waals surface area contributed by atoms with E-state index in [1.54, 1.807) is 0 Å². The third-order valence-corrected chi connectivity index (χ3v) is 3.24. The lowest BCUT2D eigenvalue weighted by Crippen LogP contribution is -2.43. The van der Waals surface area contributed by atoms with Crippen LogP contribution in [0.15, 0.2) is 70.6 Å². The fourth-order valence-corrected chi connectivity index (χ4v) is 2.19. The molecule has 0 saturated heterocycles. The Labute approximate surface area is 140 Å². The molecule has 6 nitrogen and oxygen atoms in total. The molecule has 2 aromatic rings. The topological polar surface area (TPSA) is 89.2 Å². The number of nitrogens with two attached hydrogens (primary N) is 2. The molecule has 1 heterocycles. The van der Waals surface area contributed by atoms with E-state index in [0.29, 0.717) is 6.61 Å². The molecule has 1 unspecified atom stereocenters. The molecular weight excluding hydrogens is 314 g/mol. The van der Waals surface area contributed by atoms with Crippen LogP contribution in [-0.4, -0.2) is 17.0 Å². The molecule has 0 aliphatic carbocycles. The van der Waals surface area contributed by atoms with Gasteiger partial charge in [0.05, 0.1) is 0 Å². The lowest BCUT2D eigenvalue weighted by atomic mass is 10.2. The summed E-state index contributed by atoms with van der Waals surface area (Å²) in [5.41, 5.74) is 13.6. The Morgan fingerprint density at radius 3 is 2.22 bits per heavy atom. The second-order valence-electron chi connectivity index (χ2n) is 4.83. The summed E-state index contributed by atoms with van der Waals surface area (Å²) in [7, 11) is 0. The van der Waals surface area contributed by atoms with Gasteiger partial charge in [0, 0.05) is 0 Å². The summed E-state index contributed by atoms with van der Waals surface area (Å²) >= 11 is 0. The molecule has 0 fully saturated rings. The predicted molar refractivity (Wildman–Crippen MR) is 92.7 cm³/mol. The third-order valence-electron chi connectivity index (χ3n) is 3.24. The normalized spacial score (nSPS) is 17.0. The first-order valence-corrected chi connectivity index (χ1v) is 6.92. The van der Waals surface area contributed by atoms with Gasteiger partial charge in [-0.3, -0.25) is 4.84 Å². The summed E-state index contributed by atoms with van der Waals surface area (Å²) < 4.78 is 0. The molecular formula is C16H18ClN5O. The first kappa shape index (κ1) is 16.8. The van der Waals surface area contributed by atoms with Crippen molar-refractivity contribution in [1.82, 2.24) is 5.06 Å². The molecule has 0 radical (unpaired) electrons. The number of nitrogens with zero attached hydrogens (tertiary/aromatic N) is 3. The van der Waals surface area contributed by atoms with Gasteiger partial charge in [-0.25, -0.2) is 4.99 Å². The molecule has 3 rings (SSSR count). The van der Waals surface area contributed by atoms with Gasteiger partial charge in [0.2, 0.25) is 11.9 Å². The van der Waals surface area contributed by atoms with E-state index in [4.69, 9.17) is 16.3 Å². The van der Waals surface area contributed by atoms with Crippen LogP contribution in [0.5, 0.6) is 0 Å². The third kappa shape index (κ3) is 4.00. The number of aliphatic imine (C=N–C) groups is 2. The second kappa shape index (κ2) is 7.62. The minimum absolute atomic E-state index is 0. The van der Waals surface area contributed by atoms with Gasteiger partial charge >= 0.3 is 0 Å². The Balaban J connectivity index is 0.00000192. The Morgan fingerprint density at radius 2 is 1.57 bits per heavy atom. The predicted octanol–water partition coefficient (Wildman–Crippen LogP) is 2.18. The number of halogens is 1. The van der Waals surface area contributed by atoms with Gasteiger partial charge in [-0.05, 0) is 11.1 Å². The Bertz CT molecular complexity index is 690. The molecule has 0 saturated carbocycles. The van der Waals surface area contributed by atoms with E-state index in [2.05, 4.69) is 9.98 Å². The summed E-state index contributed by atoms with van der Waals surface area (Å²) in [6.45, 7) is 0.371. The molecule has 0 aromatic heterocycles. The first-order chi connectivity index (χ1) is 10.7. The molecule has 0 bridgehead atoms. The highest BCUT2D eigenvalue weighted by atomic mass is 35.5. The van der Waals surface area contributed by atoms with Crippen molar-refractivity contribution in [2.24, 2.45) is 21.5 Å². The van der Waals surface area contributed by atoms with Crippen molar-refractivity contribution in [3.8, 4) is 0 Å². The van der Waals surface area contributed by atoms with Crippen molar-refractivity contribution in [3.63, 3.8) is 0 Å². The summed E-state index contributed by atoms with van der Waals surface area (Å²) in [5, 5.41) is 1.48. The SMILES string of the molecule is Cl.NC1=NC(c2ccccc2)N(OCc2ccccc2)C(N)=N1. The van der Waals surface area contributed by atoms with Gasteiger partial charge < -0.3 is 11.5 Å². The molecule has 0 spiro atoms. The van der Waals surface area contributed by atoms with Crippen LogP contribution in [-0.2, 0) is 11.4 Å². The summed E-state index contributed by atoms with van der Waals surface area (Å²) in [6.07, 6.45) is -0.442. The smallest absolute Gasteiger partial charge is 0.226 e. The highest BCUT2D eigenvalue weighted by Gasteiger charge is 2.27. The molecule has 1 aliphatic heterocycles. The molecule has 120 valence electrons. The number of hydrogen-bond acceptors (Lipinski definition) is 6. The van der Waals surface area contributed by atoms with E-state index in [0.717, 1.165) is 11.1 Å². The fraction of sp³-hybridized carbons (Fsp3) is 0.125. The number of hydroxylamine groups is 2. The number of benzene rings is 2. The second-order valence-corrected chi connectivity index (χ2v) is 4.83. The van der Waals surface area contributed by atoms with E-state index in [-0.39, 0.29) is 24.3 Å². The maximum atomic E-state index is 5.95. The Hall–Kier alpha value is -2.57. The maximum absolute atomic E-state index is 5.95. The number of rotatable bonds is 4. The van der Waals surface area contributed by atoms with E-state index in [9.17, 15) is 0 Å². The van der Waals surface area contributed by atoms with Crippen molar-refractivity contribution in [2.45, 2.75) is 12.8 Å². The van der Waals surface area contributed by atoms with Crippen LogP contribution in [0.1, 0.15) is 17.3 Å². The summed E-state index contributed by atoms with van der Waals surface area (Å²) in [5.74, 6) is 0.336. The van der Waals surface area contributed by atoms with Crippen LogP contribution >= 0.6 is 12.4 Å². The van der Waals surface area contributed by atoms with Gasteiger partial charge in [-0.2, -0.15) is 10.1 Å². The van der Waals surface area contributed by atoms with Crippen LogP contribution in [0, 0.1) is 0 Å². The minimum Gasteiger partial charge on any atom is -0.368 e. The largest absolute Gasteiger partial charge is 0.368 e. The highest BCUT2D eigenvalue weighted by molar-refractivity contribution is 5.94. The zero-order chi connectivity index (χ0) is 15.4. The molecule has 7 heteroatoms. The fourth-order valence-electron chi connectivity index (χ4n) is 2.19. The first-order valence-electron chi connectivity index (χ1n) is 6.92. The Kier molecular flexibility index (Phi) is 5.56. The maximum Gasteiger partial charge on any atom is 0.226 e. The van der Waals surface area contributed by atoms with E-state index >= 15 is 0 Å². The van der Waals surface area contributed by atoms with Gasteiger partial charge in [-0.1, -0.05) is 60.7 Å². The van der Waals surface area contributed by atoms with Crippen molar-refractivity contribution >= 4 is 24.3 Å². The molecule has 0 amide bonds. The van der Waals surface area contributed by atoms with E-state index in [1.807, 2.05) is 60.7 Å². The molecule has 1 aliphatic rings. The molecule has 4 N–H and O–H groups in total. The minimum atomic E-state index is -0.442. The average molecular weight is 332 g/mol. The van der Waals surface area contributed by atoms with Crippen molar-refractivity contribution < 1.29 is 4.84 Å².